The van der Waals surface area contributed by atoms with Gasteiger partial charge in [-0.15, -0.1) is 0 Å². The van der Waals surface area contributed by atoms with Gasteiger partial charge in [-0.25, -0.2) is 0 Å². The number of nitrogens with zero attached hydrogens (tertiary/aromatic N) is 1. The maximum absolute atomic E-state index is 6.29. The second kappa shape index (κ2) is 8.48. The van der Waals surface area contributed by atoms with E-state index in [0.717, 1.165) is 17.6 Å². The van der Waals surface area contributed by atoms with Gasteiger partial charge in [0.2, 0.25) is 0 Å². The molecule has 0 unspecified atom stereocenters. The number of aromatic nitrogens is 1. The largest absolute Gasteiger partial charge is 0.494 e. The van der Waals surface area contributed by atoms with E-state index in [1.807, 2.05) is 0 Å². The Morgan fingerprint density at radius 3 is 1.78 bits per heavy atom. The standard InChI is InChI=1S/C33H42BNO2/c1-30(2,3)21-22-11-17-28-26(19-22)27-20-23(31(4,5)6)12-18-29(27)35(28)25-15-13-24(14-16-25)34-36-32(7,8)33(9,10)37-34/h11-20H,21H2,1-10H3. The molecule has 0 N–H and O–H groups in total. The molecule has 37 heavy (non-hydrogen) atoms. The lowest BCUT2D eigenvalue weighted by Gasteiger charge is -2.32. The molecule has 2 heterocycles. The van der Waals surface area contributed by atoms with Crippen LogP contribution >= 0.6 is 0 Å². The number of rotatable bonds is 3. The Hall–Kier alpha value is -2.56. The van der Waals surface area contributed by atoms with Crippen LogP contribution in [0.2, 0.25) is 0 Å². The molecule has 0 bridgehead atoms. The highest BCUT2D eigenvalue weighted by Crippen LogP contribution is 2.38. The summed E-state index contributed by atoms with van der Waals surface area (Å²) in [5, 5.41) is 2.63. The molecule has 194 valence electrons. The second-order valence-corrected chi connectivity index (χ2v) is 14.1. The number of fused-ring (bicyclic) bond motifs is 3. The molecule has 1 aromatic heterocycles. The van der Waals surface area contributed by atoms with E-state index in [2.05, 4.69) is 134 Å². The molecule has 1 saturated heterocycles. The Morgan fingerprint density at radius 1 is 0.703 bits per heavy atom. The number of hydrogen-bond donors (Lipinski definition) is 0. The Labute approximate surface area is 223 Å². The molecule has 0 aliphatic carbocycles. The van der Waals surface area contributed by atoms with Crippen molar-refractivity contribution in [2.45, 2.75) is 92.3 Å². The molecule has 0 atom stereocenters. The predicted octanol–water partition coefficient (Wildman–Crippen LogP) is 7.97. The van der Waals surface area contributed by atoms with Gasteiger partial charge in [0.25, 0.3) is 0 Å². The molecule has 4 heteroatoms. The summed E-state index contributed by atoms with van der Waals surface area (Å²) in [6, 6.07) is 22.7. The average molecular weight is 496 g/mol. The molecular formula is C33H42BNO2. The van der Waals surface area contributed by atoms with Crippen LogP contribution in [0.5, 0.6) is 0 Å². The summed E-state index contributed by atoms with van der Waals surface area (Å²) in [5.41, 5.74) is 7.05. The minimum atomic E-state index is -0.355. The molecular weight excluding hydrogens is 453 g/mol. The third kappa shape index (κ3) is 4.75. The monoisotopic (exact) mass is 495 g/mol. The van der Waals surface area contributed by atoms with Gasteiger partial charge in [-0.1, -0.05) is 65.8 Å². The lowest BCUT2D eigenvalue weighted by Crippen LogP contribution is -2.41. The third-order valence-corrected chi connectivity index (χ3v) is 8.11. The van der Waals surface area contributed by atoms with Crippen LogP contribution in [0.4, 0.5) is 0 Å². The Kier molecular flexibility index (Phi) is 5.97. The molecule has 3 nitrogen and oxygen atoms in total. The van der Waals surface area contributed by atoms with Crippen LogP contribution in [0.15, 0.2) is 60.7 Å². The first-order chi connectivity index (χ1) is 17.1. The molecule has 5 rings (SSSR count). The van der Waals surface area contributed by atoms with E-state index in [-0.39, 0.29) is 29.2 Å². The van der Waals surface area contributed by atoms with Gasteiger partial charge in [0, 0.05) is 16.5 Å². The van der Waals surface area contributed by atoms with E-state index in [1.165, 1.54) is 32.9 Å². The van der Waals surface area contributed by atoms with E-state index >= 15 is 0 Å². The predicted molar refractivity (Wildman–Crippen MR) is 158 cm³/mol. The summed E-state index contributed by atoms with van der Waals surface area (Å²) in [7, 11) is -0.355. The molecule has 0 amide bonds. The topological polar surface area (TPSA) is 23.4 Å². The van der Waals surface area contributed by atoms with Gasteiger partial charge >= 0.3 is 7.12 Å². The molecule has 1 aliphatic heterocycles. The van der Waals surface area contributed by atoms with Crippen LogP contribution < -0.4 is 5.46 Å². The zero-order chi connectivity index (χ0) is 27.0. The Morgan fingerprint density at radius 2 is 1.24 bits per heavy atom. The lowest BCUT2D eigenvalue weighted by atomic mass is 9.79. The summed E-state index contributed by atoms with van der Waals surface area (Å²) in [6.07, 6.45) is 1.05. The smallest absolute Gasteiger partial charge is 0.399 e. The average Bonchev–Trinajstić information content (AvgIpc) is 3.21. The van der Waals surface area contributed by atoms with E-state index in [0.29, 0.717) is 0 Å². The first kappa shape index (κ1) is 26.1. The van der Waals surface area contributed by atoms with Crippen LogP contribution in [0.1, 0.15) is 80.4 Å². The molecule has 0 spiro atoms. The molecule has 4 aromatic rings. The van der Waals surface area contributed by atoms with Crippen molar-refractivity contribution in [1.29, 1.82) is 0 Å². The second-order valence-electron chi connectivity index (χ2n) is 14.1. The van der Waals surface area contributed by atoms with Gasteiger partial charge in [-0.2, -0.15) is 0 Å². The highest BCUT2D eigenvalue weighted by molar-refractivity contribution is 6.62. The van der Waals surface area contributed by atoms with Gasteiger partial charge in [-0.05, 0) is 97.9 Å². The summed E-state index contributed by atoms with van der Waals surface area (Å²) >= 11 is 0. The minimum absolute atomic E-state index is 0.0934. The van der Waals surface area contributed by atoms with Crippen LogP contribution in [0.25, 0.3) is 27.5 Å². The van der Waals surface area contributed by atoms with Crippen molar-refractivity contribution in [3.05, 3.63) is 71.8 Å². The Bertz CT molecular complexity index is 1450. The van der Waals surface area contributed by atoms with Crippen LogP contribution in [-0.2, 0) is 21.1 Å². The van der Waals surface area contributed by atoms with Crippen molar-refractivity contribution >= 4 is 34.4 Å². The maximum Gasteiger partial charge on any atom is 0.494 e. The highest BCUT2D eigenvalue weighted by atomic mass is 16.7. The molecule has 0 radical (unpaired) electrons. The van der Waals surface area contributed by atoms with Crippen LogP contribution in [-0.4, -0.2) is 22.9 Å². The van der Waals surface area contributed by atoms with E-state index in [9.17, 15) is 0 Å². The van der Waals surface area contributed by atoms with Crippen LogP contribution in [0, 0.1) is 5.41 Å². The van der Waals surface area contributed by atoms with Crippen molar-refractivity contribution in [2.24, 2.45) is 5.41 Å². The van der Waals surface area contributed by atoms with Gasteiger partial charge < -0.3 is 13.9 Å². The molecule has 3 aromatic carbocycles. The quantitative estimate of drug-likeness (QED) is 0.269. The fraction of sp³-hybridized carbons (Fsp3) is 0.455. The van der Waals surface area contributed by atoms with Crippen molar-refractivity contribution < 1.29 is 9.31 Å². The first-order valence-corrected chi connectivity index (χ1v) is 13.6. The third-order valence-electron chi connectivity index (χ3n) is 8.11. The zero-order valence-corrected chi connectivity index (χ0v) is 24.3. The van der Waals surface area contributed by atoms with Crippen LogP contribution in [0.3, 0.4) is 0 Å². The van der Waals surface area contributed by atoms with E-state index < -0.39 is 0 Å². The van der Waals surface area contributed by atoms with Crippen molar-refractivity contribution in [2.75, 3.05) is 0 Å². The lowest BCUT2D eigenvalue weighted by molar-refractivity contribution is 0.00578. The van der Waals surface area contributed by atoms with Crippen molar-refractivity contribution in [3.63, 3.8) is 0 Å². The van der Waals surface area contributed by atoms with Crippen molar-refractivity contribution in [3.8, 4) is 5.69 Å². The zero-order valence-electron chi connectivity index (χ0n) is 24.3. The normalized spacial score (nSPS) is 17.7. The Balaban J connectivity index is 1.63. The van der Waals surface area contributed by atoms with Crippen molar-refractivity contribution in [1.82, 2.24) is 4.57 Å². The maximum atomic E-state index is 6.29. The number of benzene rings is 3. The van der Waals surface area contributed by atoms with Gasteiger partial charge in [-0.3, -0.25) is 0 Å². The van der Waals surface area contributed by atoms with E-state index in [4.69, 9.17) is 9.31 Å². The molecule has 0 saturated carbocycles. The minimum Gasteiger partial charge on any atom is -0.399 e. The number of hydrogen-bond acceptors (Lipinski definition) is 2. The summed E-state index contributed by atoms with van der Waals surface area (Å²) in [4.78, 5) is 0. The highest BCUT2D eigenvalue weighted by Gasteiger charge is 2.51. The SMILES string of the molecule is CC(C)(C)Cc1ccc2c(c1)c1cc(C(C)(C)C)ccc1n2-c1ccc(B2OC(C)(C)C(C)(C)O2)cc1. The van der Waals surface area contributed by atoms with Gasteiger partial charge in [0.05, 0.1) is 22.2 Å². The first-order valence-electron chi connectivity index (χ1n) is 13.6. The molecule has 1 aliphatic rings. The fourth-order valence-electron chi connectivity index (χ4n) is 5.30. The van der Waals surface area contributed by atoms with E-state index in [1.54, 1.807) is 0 Å². The summed E-state index contributed by atoms with van der Waals surface area (Å²) < 4.78 is 15.0. The van der Waals surface area contributed by atoms with Gasteiger partial charge in [0.15, 0.2) is 0 Å². The van der Waals surface area contributed by atoms with Gasteiger partial charge in [0.1, 0.15) is 0 Å². The summed E-state index contributed by atoms with van der Waals surface area (Å²) in [6.45, 7) is 22.2. The summed E-state index contributed by atoms with van der Waals surface area (Å²) in [5.74, 6) is 0. The molecule has 1 fully saturated rings. The fourth-order valence-corrected chi connectivity index (χ4v) is 5.30.